The van der Waals surface area contributed by atoms with E-state index in [0.29, 0.717) is 5.92 Å². The molecule has 0 spiro atoms. The maximum absolute atomic E-state index is 6.28. The molecule has 0 saturated carbocycles. The van der Waals surface area contributed by atoms with Gasteiger partial charge in [-0.25, -0.2) is 0 Å². The molecule has 2 unspecified atom stereocenters. The Morgan fingerprint density at radius 3 is 2.54 bits per heavy atom. The molecule has 0 aromatic heterocycles. The van der Waals surface area contributed by atoms with Crippen molar-refractivity contribution >= 4 is 0 Å². The Balaban J connectivity index is 3.09. The van der Waals surface area contributed by atoms with Crippen LogP contribution in [0.15, 0.2) is 23.4 Å². The molecule has 0 heterocycles. The van der Waals surface area contributed by atoms with Gasteiger partial charge in [-0.2, -0.15) is 0 Å². The molecule has 1 rings (SSSR count). The second-order valence-electron chi connectivity index (χ2n) is 3.83. The summed E-state index contributed by atoms with van der Waals surface area (Å²) in [6, 6.07) is 0. The molecule has 0 saturated heterocycles. The van der Waals surface area contributed by atoms with E-state index in [-0.39, 0.29) is 5.54 Å². The fourth-order valence-electron chi connectivity index (χ4n) is 1.89. The summed E-state index contributed by atoms with van der Waals surface area (Å²) in [7, 11) is 0. The number of allylic oxidation sites excluding steroid dienone is 2. The number of hydrogen-bond acceptors (Lipinski definition) is 2. The Labute approximate surface area is 80.7 Å². The SMILES string of the molecule is CCC1=C(N)C(N)(CC)C(C)C=C1. The van der Waals surface area contributed by atoms with E-state index < -0.39 is 0 Å². The lowest BCUT2D eigenvalue weighted by Gasteiger charge is -2.37. The van der Waals surface area contributed by atoms with Crippen molar-refractivity contribution in [3.8, 4) is 0 Å². The molecule has 4 N–H and O–H groups in total. The summed E-state index contributed by atoms with van der Waals surface area (Å²) in [5, 5.41) is 0. The van der Waals surface area contributed by atoms with Crippen LogP contribution in [0.1, 0.15) is 33.6 Å². The van der Waals surface area contributed by atoms with Crippen molar-refractivity contribution in [3.05, 3.63) is 23.4 Å². The van der Waals surface area contributed by atoms with Gasteiger partial charge in [0.15, 0.2) is 0 Å². The summed E-state index contributed by atoms with van der Waals surface area (Å²) in [6.07, 6.45) is 6.14. The van der Waals surface area contributed by atoms with E-state index in [9.17, 15) is 0 Å². The van der Waals surface area contributed by atoms with Gasteiger partial charge >= 0.3 is 0 Å². The Hall–Kier alpha value is -0.760. The van der Waals surface area contributed by atoms with Gasteiger partial charge < -0.3 is 11.5 Å². The first-order valence-electron chi connectivity index (χ1n) is 5.02. The zero-order chi connectivity index (χ0) is 10.1. The fraction of sp³-hybridized carbons (Fsp3) is 0.636. The molecule has 2 heteroatoms. The molecule has 0 fully saturated rings. The predicted molar refractivity (Wildman–Crippen MR) is 57.0 cm³/mol. The molecule has 0 amide bonds. The maximum atomic E-state index is 6.28. The van der Waals surface area contributed by atoms with Crippen LogP contribution in [0.4, 0.5) is 0 Å². The summed E-state index contributed by atoms with van der Waals surface area (Å²) in [5.74, 6) is 0.341. The lowest BCUT2D eigenvalue weighted by Crippen LogP contribution is -2.51. The Morgan fingerprint density at radius 2 is 2.08 bits per heavy atom. The van der Waals surface area contributed by atoms with Crippen molar-refractivity contribution < 1.29 is 0 Å². The molecule has 0 aliphatic heterocycles. The third-order valence-corrected chi connectivity index (χ3v) is 3.21. The maximum Gasteiger partial charge on any atom is 0.0617 e. The lowest BCUT2D eigenvalue weighted by atomic mass is 9.75. The van der Waals surface area contributed by atoms with Crippen LogP contribution >= 0.6 is 0 Å². The molecule has 0 bridgehead atoms. The van der Waals surface area contributed by atoms with E-state index in [1.165, 1.54) is 5.57 Å². The number of nitrogens with two attached hydrogens (primary N) is 2. The van der Waals surface area contributed by atoms with E-state index in [1.54, 1.807) is 0 Å². The smallest absolute Gasteiger partial charge is 0.0617 e. The van der Waals surface area contributed by atoms with Crippen LogP contribution in [-0.2, 0) is 0 Å². The van der Waals surface area contributed by atoms with Gasteiger partial charge in [-0.1, -0.05) is 32.9 Å². The monoisotopic (exact) mass is 180 g/mol. The first-order chi connectivity index (χ1) is 6.06. The molecule has 0 radical (unpaired) electrons. The largest absolute Gasteiger partial charge is 0.400 e. The minimum Gasteiger partial charge on any atom is -0.400 e. The van der Waals surface area contributed by atoms with Crippen LogP contribution in [0.3, 0.4) is 0 Å². The van der Waals surface area contributed by atoms with Gasteiger partial charge in [0.05, 0.1) is 5.54 Å². The van der Waals surface area contributed by atoms with Crippen LogP contribution in [0.25, 0.3) is 0 Å². The van der Waals surface area contributed by atoms with Crippen LogP contribution in [0, 0.1) is 5.92 Å². The van der Waals surface area contributed by atoms with E-state index in [0.717, 1.165) is 18.5 Å². The lowest BCUT2D eigenvalue weighted by molar-refractivity contribution is 0.372. The Kier molecular flexibility index (Phi) is 2.81. The van der Waals surface area contributed by atoms with E-state index in [4.69, 9.17) is 11.5 Å². The third kappa shape index (κ3) is 1.51. The molecule has 74 valence electrons. The Morgan fingerprint density at radius 1 is 1.46 bits per heavy atom. The Bertz CT molecular complexity index is 253. The molecule has 1 aliphatic carbocycles. The summed E-state index contributed by atoms with van der Waals surface area (Å²) >= 11 is 0. The minimum absolute atomic E-state index is 0.319. The first-order valence-corrected chi connectivity index (χ1v) is 5.02. The molecule has 0 aromatic carbocycles. The van der Waals surface area contributed by atoms with Crippen LogP contribution in [0.2, 0.25) is 0 Å². The van der Waals surface area contributed by atoms with Crippen molar-refractivity contribution in [2.24, 2.45) is 17.4 Å². The predicted octanol–water partition coefficient (Wildman–Crippen LogP) is 1.92. The van der Waals surface area contributed by atoms with Crippen molar-refractivity contribution in [3.63, 3.8) is 0 Å². The van der Waals surface area contributed by atoms with E-state index in [2.05, 4.69) is 32.9 Å². The molecule has 0 aromatic rings. The summed E-state index contributed by atoms with van der Waals surface area (Å²) < 4.78 is 0. The number of hydrogen-bond donors (Lipinski definition) is 2. The highest BCUT2D eigenvalue weighted by molar-refractivity contribution is 5.37. The highest BCUT2D eigenvalue weighted by Gasteiger charge is 2.34. The quantitative estimate of drug-likeness (QED) is 0.682. The van der Waals surface area contributed by atoms with Gasteiger partial charge in [0.2, 0.25) is 0 Å². The fourth-order valence-corrected chi connectivity index (χ4v) is 1.89. The topological polar surface area (TPSA) is 52.0 Å². The average molecular weight is 180 g/mol. The van der Waals surface area contributed by atoms with Gasteiger partial charge in [0, 0.05) is 5.70 Å². The standard InChI is InChI=1S/C11H20N2/c1-4-9-7-6-8(3)11(13,5-2)10(9)12/h6-8H,4-5,12-13H2,1-3H3. The van der Waals surface area contributed by atoms with Crippen LogP contribution < -0.4 is 11.5 Å². The summed E-state index contributed by atoms with van der Waals surface area (Å²) in [4.78, 5) is 0. The van der Waals surface area contributed by atoms with Crippen LogP contribution in [-0.4, -0.2) is 5.54 Å². The highest BCUT2D eigenvalue weighted by Crippen LogP contribution is 2.32. The molecule has 2 nitrogen and oxygen atoms in total. The zero-order valence-electron chi connectivity index (χ0n) is 8.80. The van der Waals surface area contributed by atoms with Gasteiger partial charge in [-0.05, 0) is 24.3 Å². The van der Waals surface area contributed by atoms with Crippen molar-refractivity contribution in [2.45, 2.75) is 39.2 Å². The van der Waals surface area contributed by atoms with Crippen molar-refractivity contribution in [1.29, 1.82) is 0 Å². The van der Waals surface area contributed by atoms with Crippen molar-refractivity contribution in [2.75, 3.05) is 0 Å². The molecular formula is C11H20N2. The van der Waals surface area contributed by atoms with Crippen molar-refractivity contribution in [1.82, 2.24) is 0 Å². The van der Waals surface area contributed by atoms with Gasteiger partial charge in [-0.15, -0.1) is 0 Å². The van der Waals surface area contributed by atoms with Gasteiger partial charge in [0.1, 0.15) is 0 Å². The molecule has 2 atom stereocenters. The van der Waals surface area contributed by atoms with Gasteiger partial charge in [0.25, 0.3) is 0 Å². The number of rotatable bonds is 2. The zero-order valence-corrected chi connectivity index (χ0v) is 8.80. The van der Waals surface area contributed by atoms with E-state index >= 15 is 0 Å². The highest BCUT2D eigenvalue weighted by atomic mass is 14.8. The second-order valence-corrected chi connectivity index (χ2v) is 3.83. The third-order valence-electron chi connectivity index (χ3n) is 3.21. The van der Waals surface area contributed by atoms with Crippen LogP contribution in [0.5, 0.6) is 0 Å². The second kappa shape index (κ2) is 3.54. The first kappa shape index (κ1) is 10.3. The molecule has 13 heavy (non-hydrogen) atoms. The van der Waals surface area contributed by atoms with Gasteiger partial charge in [-0.3, -0.25) is 0 Å². The van der Waals surface area contributed by atoms with E-state index in [1.807, 2.05) is 0 Å². The summed E-state index contributed by atoms with van der Waals surface area (Å²) in [5.41, 5.74) is 14.1. The normalized spacial score (nSPS) is 34.0. The molecule has 1 aliphatic rings. The summed E-state index contributed by atoms with van der Waals surface area (Å²) in [6.45, 7) is 6.33. The minimum atomic E-state index is -0.319. The average Bonchev–Trinajstić information content (AvgIpc) is 2.15. The molecular weight excluding hydrogens is 160 g/mol.